The molecule has 0 bridgehead atoms. The van der Waals surface area contributed by atoms with Crippen molar-refractivity contribution in [3.63, 3.8) is 0 Å². The van der Waals surface area contributed by atoms with Crippen LogP contribution in [0.5, 0.6) is 5.75 Å². The fourth-order valence-corrected chi connectivity index (χ4v) is 7.27. The molecule has 0 spiro atoms. The Hall–Kier alpha value is -5.54. The van der Waals surface area contributed by atoms with Crippen LogP contribution in [0, 0.1) is 12.7 Å². The van der Waals surface area contributed by atoms with Crippen molar-refractivity contribution in [3.05, 3.63) is 162 Å². The van der Waals surface area contributed by atoms with E-state index < -0.39 is 12.0 Å². The standard InChI is InChI=1S/C39H32FN3O4S/c1-4-47-38(45)34-35(26-10-6-5-7-11-26)41-39-43(36(34)27-16-20-29(46-3)21-17-27)37(44)33(48-39)22-31-24(2)42(32-13-9-8-12-30(31)32)23-25-14-18-28(40)19-15-25/h5-22,36H,4,23H2,1-3H3/b33-22-/t36-/m1/s1. The molecule has 2 aromatic heterocycles. The van der Waals surface area contributed by atoms with E-state index in [0.29, 0.717) is 32.9 Å². The lowest BCUT2D eigenvalue weighted by Crippen LogP contribution is -2.40. The van der Waals surface area contributed by atoms with Gasteiger partial charge in [-0.25, -0.2) is 14.2 Å². The lowest BCUT2D eigenvalue weighted by molar-refractivity contribution is -0.138. The van der Waals surface area contributed by atoms with Crippen LogP contribution >= 0.6 is 11.3 Å². The minimum atomic E-state index is -0.788. The fourth-order valence-electron chi connectivity index (χ4n) is 6.29. The molecule has 4 aromatic carbocycles. The molecule has 3 heterocycles. The molecule has 240 valence electrons. The van der Waals surface area contributed by atoms with Gasteiger partial charge in [0.15, 0.2) is 4.80 Å². The third-order valence-corrected chi connectivity index (χ3v) is 9.60. The Morgan fingerprint density at radius 3 is 2.38 bits per heavy atom. The van der Waals surface area contributed by atoms with Crippen LogP contribution in [0.1, 0.15) is 40.9 Å². The summed E-state index contributed by atoms with van der Waals surface area (Å²) in [4.78, 5) is 33.7. The van der Waals surface area contributed by atoms with Crippen molar-refractivity contribution in [2.24, 2.45) is 4.99 Å². The first-order valence-corrected chi connectivity index (χ1v) is 16.4. The molecule has 0 fully saturated rings. The molecule has 9 heteroatoms. The van der Waals surface area contributed by atoms with Gasteiger partial charge in [-0.1, -0.05) is 84.1 Å². The van der Waals surface area contributed by atoms with E-state index in [2.05, 4.69) is 4.57 Å². The molecule has 0 radical (unpaired) electrons. The van der Waals surface area contributed by atoms with Gasteiger partial charge in [-0.3, -0.25) is 9.36 Å². The Labute approximate surface area is 280 Å². The minimum Gasteiger partial charge on any atom is -0.497 e. The van der Waals surface area contributed by atoms with E-state index in [1.54, 1.807) is 30.7 Å². The maximum Gasteiger partial charge on any atom is 0.338 e. The summed E-state index contributed by atoms with van der Waals surface area (Å²) < 4.78 is 28.9. The Balaban J connectivity index is 1.46. The number of carbonyl (C=O) groups is 1. The molecule has 7 nitrogen and oxygen atoms in total. The second kappa shape index (κ2) is 12.9. The van der Waals surface area contributed by atoms with Crippen molar-refractivity contribution in [2.45, 2.75) is 26.4 Å². The average molecular weight is 658 g/mol. The highest BCUT2D eigenvalue weighted by Gasteiger charge is 2.35. The first-order valence-electron chi connectivity index (χ1n) is 15.6. The highest BCUT2D eigenvalue weighted by atomic mass is 32.1. The van der Waals surface area contributed by atoms with E-state index in [0.717, 1.165) is 38.9 Å². The van der Waals surface area contributed by atoms with Crippen molar-refractivity contribution in [2.75, 3.05) is 13.7 Å². The molecule has 0 N–H and O–H groups in total. The summed E-state index contributed by atoms with van der Waals surface area (Å²) in [5, 5.41) is 0.992. The number of hydrogen-bond acceptors (Lipinski definition) is 6. The second-order valence-electron chi connectivity index (χ2n) is 11.4. The van der Waals surface area contributed by atoms with Crippen LogP contribution in [0.15, 0.2) is 118 Å². The van der Waals surface area contributed by atoms with Crippen LogP contribution in [0.3, 0.4) is 0 Å². The van der Waals surface area contributed by atoms with Crippen molar-refractivity contribution < 1.29 is 18.7 Å². The van der Waals surface area contributed by atoms with E-state index in [-0.39, 0.29) is 18.0 Å². The predicted molar refractivity (Wildman–Crippen MR) is 186 cm³/mol. The number of methoxy groups -OCH3 is 1. The van der Waals surface area contributed by atoms with Crippen LogP contribution in [-0.4, -0.2) is 28.8 Å². The van der Waals surface area contributed by atoms with E-state index in [1.165, 1.54) is 23.5 Å². The second-order valence-corrected chi connectivity index (χ2v) is 12.4. The van der Waals surface area contributed by atoms with Crippen molar-refractivity contribution in [3.8, 4) is 5.75 Å². The number of hydrogen-bond donors (Lipinski definition) is 0. The number of rotatable bonds is 8. The smallest absolute Gasteiger partial charge is 0.338 e. The van der Waals surface area contributed by atoms with E-state index in [9.17, 15) is 14.0 Å². The molecule has 0 amide bonds. The molecule has 48 heavy (non-hydrogen) atoms. The zero-order chi connectivity index (χ0) is 33.4. The predicted octanol–water partition coefficient (Wildman–Crippen LogP) is 6.39. The summed E-state index contributed by atoms with van der Waals surface area (Å²) in [6.07, 6.45) is 1.92. The van der Waals surface area contributed by atoms with E-state index >= 15 is 0 Å². The maximum atomic E-state index is 14.5. The van der Waals surface area contributed by atoms with Crippen LogP contribution < -0.4 is 19.6 Å². The minimum absolute atomic E-state index is 0.172. The molecule has 6 aromatic rings. The number of esters is 1. The largest absolute Gasteiger partial charge is 0.497 e. The summed E-state index contributed by atoms with van der Waals surface area (Å²) >= 11 is 1.29. The number of aromatic nitrogens is 2. The third kappa shape index (κ3) is 5.56. The normalized spacial score (nSPS) is 14.6. The van der Waals surface area contributed by atoms with Crippen molar-refractivity contribution >= 4 is 40.0 Å². The number of carbonyl (C=O) groups excluding carboxylic acids is 1. The highest BCUT2D eigenvalue weighted by Crippen LogP contribution is 2.36. The lowest BCUT2D eigenvalue weighted by atomic mass is 9.93. The van der Waals surface area contributed by atoms with Crippen LogP contribution in [0.2, 0.25) is 0 Å². The van der Waals surface area contributed by atoms with Crippen LogP contribution in [0.4, 0.5) is 4.39 Å². The van der Waals surface area contributed by atoms with Crippen LogP contribution in [0.25, 0.3) is 22.7 Å². The summed E-state index contributed by atoms with van der Waals surface area (Å²) in [6, 6.07) is 30.6. The quantitative estimate of drug-likeness (QED) is 0.178. The van der Waals surface area contributed by atoms with Gasteiger partial charge in [-0.2, -0.15) is 0 Å². The SMILES string of the molecule is CCOC(=O)C1=C(c2ccccc2)N=c2s/c(=C\c3c(C)n(Cc4ccc(F)cc4)c4ccccc34)c(=O)n2[C@@H]1c1ccc(OC)cc1. The molecular weight excluding hydrogens is 626 g/mol. The molecule has 1 aliphatic heterocycles. The molecule has 1 aliphatic rings. The van der Waals surface area contributed by atoms with Gasteiger partial charge in [-0.15, -0.1) is 0 Å². The fraction of sp³-hybridized carbons (Fsp3) is 0.154. The van der Waals surface area contributed by atoms with Gasteiger partial charge < -0.3 is 14.0 Å². The molecular formula is C39H32FN3O4S. The number of thiazole rings is 1. The number of ether oxygens (including phenoxy) is 2. The zero-order valence-electron chi connectivity index (χ0n) is 26.6. The lowest BCUT2D eigenvalue weighted by Gasteiger charge is -2.26. The zero-order valence-corrected chi connectivity index (χ0v) is 27.5. The van der Waals surface area contributed by atoms with Crippen molar-refractivity contribution in [1.82, 2.24) is 9.13 Å². The third-order valence-electron chi connectivity index (χ3n) is 8.61. The van der Waals surface area contributed by atoms with Crippen LogP contribution in [-0.2, 0) is 16.1 Å². The number of benzene rings is 4. The Morgan fingerprint density at radius 1 is 0.958 bits per heavy atom. The van der Waals surface area contributed by atoms with E-state index in [1.807, 2.05) is 91.9 Å². The number of fused-ring (bicyclic) bond motifs is 2. The molecule has 0 aliphatic carbocycles. The van der Waals surface area contributed by atoms with Gasteiger partial charge in [0.2, 0.25) is 0 Å². The van der Waals surface area contributed by atoms with Gasteiger partial charge in [-0.05, 0) is 61.4 Å². The molecule has 0 unspecified atom stereocenters. The highest BCUT2D eigenvalue weighted by molar-refractivity contribution is 7.07. The monoisotopic (exact) mass is 657 g/mol. The topological polar surface area (TPSA) is 74.8 Å². The van der Waals surface area contributed by atoms with Crippen molar-refractivity contribution in [1.29, 1.82) is 0 Å². The summed E-state index contributed by atoms with van der Waals surface area (Å²) in [6.45, 7) is 4.50. The van der Waals surface area contributed by atoms with Gasteiger partial charge in [0.25, 0.3) is 5.56 Å². The Bertz CT molecular complexity index is 2370. The molecule has 0 saturated heterocycles. The molecule has 7 rings (SSSR count). The number of halogens is 1. The van der Waals surface area contributed by atoms with Gasteiger partial charge in [0.1, 0.15) is 11.6 Å². The van der Waals surface area contributed by atoms with Gasteiger partial charge in [0.05, 0.1) is 35.6 Å². The number of nitrogens with zero attached hydrogens (tertiary/aromatic N) is 3. The average Bonchev–Trinajstić information content (AvgIpc) is 3.57. The van der Waals surface area contributed by atoms with Gasteiger partial charge >= 0.3 is 5.97 Å². The first kappa shape index (κ1) is 31.1. The first-order chi connectivity index (χ1) is 23.4. The molecule has 0 saturated carbocycles. The summed E-state index contributed by atoms with van der Waals surface area (Å²) in [5.74, 6) is -0.156. The Kier molecular flexibility index (Phi) is 8.37. The maximum absolute atomic E-state index is 14.5. The number of para-hydroxylation sites is 1. The molecule has 1 atom stereocenters. The summed E-state index contributed by atoms with van der Waals surface area (Å²) in [5.41, 5.74) is 5.81. The van der Waals surface area contributed by atoms with E-state index in [4.69, 9.17) is 14.5 Å². The summed E-state index contributed by atoms with van der Waals surface area (Å²) in [7, 11) is 1.59. The Morgan fingerprint density at radius 2 is 1.67 bits per heavy atom. The van der Waals surface area contributed by atoms with Gasteiger partial charge in [0, 0.05) is 34.3 Å².